The highest BCUT2D eigenvalue weighted by Gasteiger charge is 2.33. The summed E-state index contributed by atoms with van der Waals surface area (Å²) in [6.45, 7) is 2.06. The van der Waals surface area contributed by atoms with E-state index in [4.69, 9.17) is 0 Å². The summed E-state index contributed by atoms with van der Waals surface area (Å²) in [5.41, 5.74) is 5.84. The lowest BCUT2D eigenvalue weighted by molar-refractivity contribution is 0.716. The molecule has 0 saturated heterocycles. The van der Waals surface area contributed by atoms with E-state index in [1.54, 1.807) is 0 Å². The van der Waals surface area contributed by atoms with Crippen LogP contribution in [-0.2, 0) is 6.42 Å². The average Bonchev–Trinajstić information content (AvgIpc) is 2.89. The first-order valence-corrected chi connectivity index (χ1v) is 7.37. The lowest BCUT2D eigenvalue weighted by Gasteiger charge is -2.14. The van der Waals surface area contributed by atoms with E-state index in [0.717, 1.165) is 23.1 Å². The summed E-state index contributed by atoms with van der Waals surface area (Å²) in [5.74, 6) is -0.757. The highest BCUT2D eigenvalue weighted by molar-refractivity contribution is 5.61. The Kier molecular flexibility index (Phi) is 3.77. The monoisotopic (exact) mass is 284 g/mol. The van der Waals surface area contributed by atoms with Crippen molar-refractivity contribution in [3.63, 3.8) is 0 Å². The van der Waals surface area contributed by atoms with Crippen LogP contribution in [0, 0.1) is 35.5 Å². The van der Waals surface area contributed by atoms with Gasteiger partial charge in [-0.25, -0.2) is 0 Å². The third kappa shape index (κ3) is 2.52. The van der Waals surface area contributed by atoms with E-state index < -0.39 is 5.92 Å². The van der Waals surface area contributed by atoms with E-state index in [1.807, 2.05) is 18.2 Å². The fourth-order valence-corrected chi connectivity index (χ4v) is 3.12. The van der Waals surface area contributed by atoms with Crippen molar-refractivity contribution >= 4 is 6.08 Å². The summed E-state index contributed by atoms with van der Waals surface area (Å²) >= 11 is 0. The maximum Gasteiger partial charge on any atom is 0.143 e. The second-order valence-corrected chi connectivity index (χ2v) is 5.72. The van der Waals surface area contributed by atoms with Crippen molar-refractivity contribution in [2.45, 2.75) is 19.3 Å². The Hall–Kier alpha value is -2.84. The molecule has 0 bridgehead atoms. The molecule has 0 heterocycles. The van der Waals surface area contributed by atoms with Crippen molar-refractivity contribution in [1.82, 2.24) is 0 Å². The minimum Gasteiger partial charge on any atom is -0.197 e. The molecule has 0 aromatic heterocycles. The van der Waals surface area contributed by atoms with Crippen LogP contribution in [0.2, 0.25) is 0 Å². The number of rotatable bonds is 2. The van der Waals surface area contributed by atoms with E-state index in [-0.39, 0.29) is 5.92 Å². The van der Waals surface area contributed by atoms with Crippen LogP contribution in [0.5, 0.6) is 0 Å². The Morgan fingerprint density at radius 1 is 1.05 bits per heavy atom. The molecule has 0 fully saturated rings. The second-order valence-electron chi connectivity index (χ2n) is 5.72. The molecule has 106 valence electrons. The molecule has 0 saturated carbocycles. The normalized spacial score (nSPS) is 18.0. The largest absolute Gasteiger partial charge is 0.197 e. The zero-order valence-corrected chi connectivity index (χ0v) is 12.5. The van der Waals surface area contributed by atoms with Gasteiger partial charge in [0.05, 0.1) is 12.1 Å². The number of hydrogen-bond acceptors (Lipinski definition) is 2. The molecule has 0 amide bonds. The molecule has 2 nitrogen and oxygen atoms in total. The Morgan fingerprint density at radius 2 is 1.73 bits per heavy atom. The van der Waals surface area contributed by atoms with Gasteiger partial charge in [0, 0.05) is 5.92 Å². The zero-order chi connectivity index (χ0) is 15.5. The summed E-state index contributed by atoms with van der Waals surface area (Å²) in [7, 11) is 0. The van der Waals surface area contributed by atoms with Gasteiger partial charge in [-0.05, 0) is 30.0 Å². The number of hydrogen-bond donors (Lipinski definition) is 0. The third-order valence-corrected chi connectivity index (χ3v) is 4.23. The number of allylic oxidation sites excluding steroid dienone is 1. The maximum atomic E-state index is 9.33. The minimum absolute atomic E-state index is 0.118. The van der Waals surface area contributed by atoms with Gasteiger partial charge in [-0.15, -0.1) is 0 Å². The SMILES string of the molecule is Cc1ccc(/C=C2\Cc3ccccc3C2C(C#N)C#N)cc1. The molecule has 0 N–H and O–H groups in total. The van der Waals surface area contributed by atoms with Crippen LogP contribution in [0.4, 0.5) is 0 Å². The first kappa shape index (κ1) is 14.1. The van der Waals surface area contributed by atoms with Gasteiger partial charge in [0.25, 0.3) is 0 Å². The fraction of sp³-hybridized carbons (Fsp3) is 0.200. The Labute approximate surface area is 130 Å². The number of nitrogens with zero attached hydrogens (tertiary/aromatic N) is 2. The van der Waals surface area contributed by atoms with Crippen molar-refractivity contribution in [3.05, 3.63) is 76.4 Å². The molecule has 1 unspecified atom stereocenters. The van der Waals surface area contributed by atoms with E-state index in [2.05, 4.69) is 55.5 Å². The molecule has 1 aliphatic rings. The lowest BCUT2D eigenvalue weighted by atomic mass is 9.85. The molecular weight excluding hydrogens is 268 g/mol. The predicted molar refractivity (Wildman–Crippen MR) is 86.8 cm³/mol. The van der Waals surface area contributed by atoms with Gasteiger partial charge in [0.15, 0.2) is 0 Å². The molecule has 1 aliphatic carbocycles. The van der Waals surface area contributed by atoms with Crippen molar-refractivity contribution in [2.75, 3.05) is 0 Å². The van der Waals surface area contributed by atoms with Crippen LogP contribution < -0.4 is 0 Å². The number of aryl methyl sites for hydroxylation is 1. The van der Waals surface area contributed by atoms with E-state index >= 15 is 0 Å². The van der Waals surface area contributed by atoms with Gasteiger partial charge < -0.3 is 0 Å². The zero-order valence-electron chi connectivity index (χ0n) is 12.5. The molecule has 3 rings (SSSR count). The average molecular weight is 284 g/mol. The lowest BCUT2D eigenvalue weighted by Crippen LogP contribution is -2.08. The van der Waals surface area contributed by atoms with Crippen molar-refractivity contribution in [2.24, 2.45) is 5.92 Å². The second kappa shape index (κ2) is 5.88. The third-order valence-electron chi connectivity index (χ3n) is 4.23. The molecule has 0 spiro atoms. The van der Waals surface area contributed by atoms with Gasteiger partial charge in [-0.3, -0.25) is 0 Å². The quantitative estimate of drug-likeness (QED) is 0.821. The molecule has 1 atom stereocenters. The number of benzene rings is 2. The molecule has 0 aliphatic heterocycles. The smallest absolute Gasteiger partial charge is 0.143 e. The summed E-state index contributed by atoms with van der Waals surface area (Å²) in [6, 6.07) is 20.7. The Bertz CT molecular complexity index is 787. The van der Waals surface area contributed by atoms with Crippen LogP contribution in [0.15, 0.2) is 54.1 Å². The van der Waals surface area contributed by atoms with Crippen LogP contribution in [-0.4, -0.2) is 0 Å². The predicted octanol–water partition coefficient (Wildman–Crippen LogP) is 4.38. The Morgan fingerprint density at radius 3 is 2.41 bits per heavy atom. The molecular formula is C20H16N2. The summed E-state index contributed by atoms with van der Waals surface area (Å²) in [4.78, 5) is 0. The molecule has 2 aromatic rings. The highest BCUT2D eigenvalue weighted by Crippen LogP contribution is 2.42. The summed E-state index contributed by atoms with van der Waals surface area (Å²) in [6.07, 6.45) is 2.94. The minimum atomic E-state index is -0.639. The van der Waals surface area contributed by atoms with Gasteiger partial charge in [-0.1, -0.05) is 65.7 Å². The topological polar surface area (TPSA) is 47.6 Å². The molecule has 22 heavy (non-hydrogen) atoms. The van der Waals surface area contributed by atoms with Crippen LogP contribution in [0.1, 0.15) is 28.2 Å². The van der Waals surface area contributed by atoms with E-state index in [9.17, 15) is 10.5 Å². The number of nitriles is 2. The molecule has 2 heteroatoms. The summed E-state index contributed by atoms with van der Waals surface area (Å²) in [5, 5.41) is 18.7. The first-order chi connectivity index (χ1) is 10.7. The van der Waals surface area contributed by atoms with Crippen molar-refractivity contribution < 1.29 is 0 Å². The van der Waals surface area contributed by atoms with Crippen LogP contribution >= 0.6 is 0 Å². The van der Waals surface area contributed by atoms with Crippen LogP contribution in [0.3, 0.4) is 0 Å². The van der Waals surface area contributed by atoms with Gasteiger partial charge >= 0.3 is 0 Å². The standard InChI is InChI=1S/C20H16N2/c1-14-6-8-15(9-7-14)10-17-11-16-4-2-3-5-19(16)20(17)18(12-21)13-22/h2-10,18,20H,11H2,1H3/b17-10+. The first-order valence-electron chi connectivity index (χ1n) is 7.37. The molecule has 0 radical (unpaired) electrons. The van der Waals surface area contributed by atoms with E-state index in [1.165, 1.54) is 11.1 Å². The number of fused-ring (bicyclic) bond motifs is 1. The van der Waals surface area contributed by atoms with Gasteiger partial charge in [0.2, 0.25) is 0 Å². The van der Waals surface area contributed by atoms with Gasteiger partial charge in [-0.2, -0.15) is 10.5 Å². The van der Waals surface area contributed by atoms with Crippen molar-refractivity contribution in [3.8, 4) is 12.1 Å². The van der Waals surface area contributed by atoms with Crippen LogP contribution in [0.25, 0.3) is 6.08 Å². The summed E-state index contributed by atoms with van der Waals surface area (Å²) < 4.78 is 0. The van der Waals surface area contributed by atoms with E-state index in [0.29, 0.717) is 0 Å². The Balaban J connectivity index is 2.06. The maximum absolute atomic E-state index is 9.33. The highest BCUT2D eigenvalue weighted by atomic mass is 14.4. The van der Waals surface area contributed by atoms with Gasteiger partial charge in [0.1, 0.15) is 5.92 Å². The van der Waals surface area contributed by atoms with Crippen molar-refractivity contribution in [1.29, 1.82) is 10.5 Å². The molecule has 2 aromatic carbocycles. The fourth-order valence-electron chi connectivity index (χ4n) is 3.12.